The highest BCUT2D eigenvalue weighted by Crippen LogP contribution is 2.46. The van der Waals surface area contributed by atoms with Crippen molar-refractivity contribution in [2.75, 3.05) is 13.4 Å². The number of sulfone groups is 1. The van der Waals surface area contributed by atoms with Gasteiger partial charge in [-0.3, -0.25) is 13.9 Å². The zero-order chi connectivity index (χ0) is 57.1. The fourth-order valence-corrected chi connectivity index (χ4v) is 11.0. The maximum Gasteiger partial charge on any atom is 0.298 e. The number of carbonyl (C=O) groups excluding carboxylic acids is 1. The number of carbonyl (C=O) groups is 1. The number of aryl methyl sites for hydroxylation is 1. The second-order valence-electron chi connectivity index (χ2n) is 17.7. The van der Waals surface area contributed by atoms with Crippen LogP contribution in [0, 0.1) is 6.92 Å². The van der Waals surface area contributed by atoms with Crippen molar-refractivity contribution in [1.82, 2.24) is 0 Å². The maximum atomic E-state index is 13.9. The van der Waals surface area contributed by atoms with Crippen molar-refractivity contribution in [3.8, 4) is 34.5 Å². The molecule has 0 atom stereocenters. The molecule has 16 nitrogen and oxygen atoms in total. The molecule has 80 heavy (non-hydrogen) atoms. The molecule has 9 aromatic carbocycles. The molecule has 0 saturated carbocycles. The first-order valence-electron chi connectivity index (χ1n) is 24.0. The third kappa shape index (κ3) is 14.2. The fraction of sp³-hybridized carbons (Fsp3) is 0.0833. The van der Waals surface area contributed by atoms with Gasteiger partial charge in [-0.1, -0.05) is 120 Å². The molecular weight excluding hydrogens is 1100 g/mol. The number of ketones is 1. The summed E-state index contributed by atoms with van der Waals surface area (Å²) in [6, 6.07) is 63.5. The summed E-state index contributed by atoms with van der Waals surface area (Å²) in [6.07, 6.45) is 0.715. The van der Waals surface area contributed by atoms with Crippen LogP contribution in [0.5, 0.6) is 34.5 Å². The average molecular weight is 1160 g/mol. The van der Waals surface area contributed by atoms with E-state index < -0.39 is 46.2 Å². The Bertz CT molecular complexity index is 3870. The van der Waals surface area contributed by atoms with Crippen molar-refractivity contribution in [2.45, 2.75) is 38.5 Å². The first kappa shape index (κ1) is 58.0. The van der Waals surface area contributed by atoms with E-state index in [0.29, 0.717) is 51.8 Å². The summed E-state index contributed by atoms with van der Waals surface area (Å²) in [5.41, 5.74) is 4.61. The van der Waals surface area contributed by atoms with Gasteiger partial charge in [0.1, 0.15) is 46.0 Å². The van der Waals surface area contributed by atoms with E-state index in [9.17, 15) is 34.6 Å². The largest absolute Gasteiger partial charge is 0.497 e. The first-order valence-corrected chi connectivity index (χ1v) is 29.5. The van der Waals surface area contributed by atoms with Gasteiger partial charge in [-0.05, 0) is 138 Å². The van der Waals surface area contributed by atoms with Crippen LogP contribution >= 0.6 is 12.0 Å². The lowest BCUT2D eigenvalue weighted by atomic mass is 9.65. The summed E-state index contributed by atoms with van der Waals surface area (Å²) >= 11 is 0.623. The number of ether oxygens (including phenoxy) is 4. The Kier molecular flexibility index (Phi) is 18.4. The van der Waals surface area contributed by atoms with Crippen LogP contribution in [-0.2, 0) is 51.5 Å². The highest BCUT2D eigenvalue weighted by Gasteiger charge is 2.38. The lowest BCUT2D eigenvalue weighted by Crippen LogP contribution is -2.30. The molecule has 0 bridgehead atoms. The van der Waals surface area contributed by atoms with Gasteiger partial charge in [-0.15, -0.1) is 4.33 Å². The monoisotopic (exact) mass is 1150 g/mol. The van der Waals surface area contributed by atoms with Crippen molar-refractivity contribution in [3.05, 3.63) is 263 Å². The topological polar surface area (TPSA) is 236 Å². The van der Waals surface area contributed by atoms with Gasteiger partial charge in [0.25, 0.3) is 20.2 Å². The Morgan fingerprint density at radius 1 is 0.525 bits per heavy atom. The summed E-state index contributed by atoms with van der Waals surface area (Å²) in [6.45, 7) is 1.89. The molecule has 0 spiro atoms. The molecule has 0 fully saturated rings. The molecule has 9 aromatic rings. The molecule has 0 unspecified atom stereocenters. The lowest BCUT2D eigenvalue weighted by molar-refractivity contribution is -0.432. The van der Waals surface area contributed by atoms with Crippen LogP contribution in [0.25, 0.3) is 0 Å². The number of rotatable bonds is 20. The van der Waals surface area contributed by atoms with Gasteiger partial charge in [0.2, 0.25) is 9.84 Å². The molecule has 410 valence electrons. The molecule has 0 aliphatic heterocycles. The van der Waals surface area contributed by atoms with Crippen LogP contribution in [0.2, 0.25) is 0 Å². The minimum Gasteiger partial charge on any atom is -0.497 e. The molecule has 0 heterocycles. The van der Waals surface area contributed by atoms with Crippen molar-refractivity contribution >= 4 is 47.9 Å². The Morgan fingerprint density at radius 2 is 0.963 bits per heavy atom. The van der Waals surface area contributed by atoms with E-state index in [2.05, 4.69) is 29.3 Å². The summed E-state index contributed by atoms with van der Waals surface area (Å²) in [5.74, 6) is 1.56. The lowest BCUT2D eigenvalue weighted by Gasteiger charge is -2.37. The highest BCUT2D eigenvalue weighted by molar-refractivity contribution is 7.94. The zero-order valence-electron chi connectivity index (χ0n) is 42.8. The van der Waals surface area contributed by atoms with Crippen LogP contribution in [0.15, 0.2) is 238 Å². The van der Waals surface area contributed by atoms with E-state index in [4.69, 9.17) is 33.1 Å². The van der Waals surface area contributed by atoms with E-state index in [0.717, 1.165) is 33.9 Å². The normalized spacial score (nSPS) is 11.7. The molecular formula is C60H50O16S4. The van der Waals surface area contributed by atoms with Gasteiger partial charge in [0.15, 0.2) is 5.78 Å². The minimum atomic E-state index is -4.85. The number of methoxy groups -OCH3 is 1. The van der Waals surface area contributed by atoms with Crippen molar-refractivity contribution in [3.63, 3.8) is 0 Å². The van der Waals surface area contributed by atoms with Gasteiger partial charge < -0.3 is 18.9 Å². The predicted octanol–water partition coefficient (Wildman–Crippen LogP) is 12.8. The number of benzene rings is 9. The highest BCUT2D eigenvalue weighted by atomic mass is 32.2. The third-order valence-corrected chi connectivity index (χ3v) is 15.7. The van der Waals surface area contributed by atoms with Gasteiger partial charge >= 0.3 is 0 Å². The van der Waals surface area contributed by atoms with E-state index in [1.165, 1.54) is 43.5 Å². The second-order valence-corrected chi connectivity index (χ2v) is 23.3. The standard InChI is InChI=1S/C59H46O13S3.CH4O3S/c1-40-13-32-53(33-14-40)74(62,63)54-34-30-51(31-35-54)69-50-24-20-47(21-25-50)59(44-9-5-3-6-10-44,45-11-7-4-8-12-45)46-18-22-49(23-19-46)68-39-43-16-15-41(37-56(43)73-72-71-61)58(60)42-17-36-55(57(38-42)75(64,65)66)70-52-28-26-48(67-2)27-29-52;1-5(2,3)4/h3-38,61H,39H2,1-2H3,(H,64,65,66);1H3,(H,2,3,4). The quantitative estimate of drug-likeness (QED) is 0.0161. The number of hydrogen-bond acceptors (Lipinski definition) is 15. The SMILES string of the molecule is COc1ccc(Oc2ccc(C(=O)c3ccc(COc4ccc(C(c5ccccc5)(c5ccccc5)c5ccc(Oc6ccc(S(=O)(=O)c7ccc(C)cc7)cc6)cc5)cc4)c(SOOO)c3)cc2S(=O)(=O)O)cc1.CS(=O)(=O)O. The van der Waals surface area contributed by atoms with Gasteiger partial charge in [-0.25, -0.2) is 13.7 Å². The number of hydrogen-bond donors (Lipinski definition) is 3. The molecule has 0 saturated heterocycles. The summed E-state index contributed by atoms with van der Waals surface area (Å²) in [4.78, 5) is 14.0. The van der Waals surface area contributed by atoms with E-state index >= 15 is 0 Å². The zero-order valence-corrected chi connectivity index (χ0v) is 46.0. The Hall–Kier alpha value is -8.15. The smallest absolute Gasteiger partial charge is 0.298 e. The van der Waals surface area contributed by atoms with Crippen LogP contribution in [0.1, 0.15) is 49.3 Å². The van der Waals surface area contributed by atoms with Crippen LogP contribution < -0.4 is 18.9 Å². The second kappa shape index (κ2) is 25.3. The molecule has 0 radical (unpaired) electrons. The van der Waals surface area contributed by atoms with Gasteiger partial charge in [0.05, 0.1) is 40.6 Å². The van der Waals surface area contributed by atoms with Gasteiger partial charge in [0, 0.05) is 21.6 Å². The summed E-state index contributed by atoms with van der Waals surface area (Å²) in [5, 5.41) is 13.0. The third-order valence-electron chi connectivity index (χ3n) is 12.3. The van der Waals surface area contributed by atoms with E-state index in [1.54, 1.807) is 66.7 Å². The van der Waals surface area contributed by atoms with Crippen LogP contribution in [0.3, 0.4) is 0 Å². The van der Waals surface area contributed by atoms with Crippen molar-refractivity contribution in [2.24, 2.45) is 0 Å². The predicted molar refractivity (Wildman–Crippen MR) is 300 cm³/mol. The fourth-order valence-electron chi connectivity index (χ4n) is 8.61. The Labute approximate surface area is 467 Å². The van der Waals surface area contributed by atoms with Gasteiger partial charge in [-0.2, -0.15) is 16.8 Å². The maximum absolute atomic E-state index is 13.9. The molecule has 3 N–H and O–H groups in total. The van der Waals surface area contributed by atoms with E-state index in [-0.39, 0.29) is 39.0 Å². The summed E-state index contributed by atoms with van der Waals surface area (Å²) in [7, 11) is -10.7. The molecule has 0 aliphatic rings. The van der Waals surface area contributed by atoms with Crippen LogP contribution in [0.4, 0.5) is 0 Å². The first-order chi connectivity index (χ1) is 38.3. The summed E-state index contributed by atoms with van der Waals surface area (Å²) < 4.78 is 116. The molecule has 9 rings (SSSR count). The molecule has 0 amide bonds. The average Bonchev–Trinajstić information content (AvgIpc) is 3.64. The molecule has 0 aromatic heterocycles. The Balaban J connectivity index is 0.00000161. The Morgan fingerprint density at radius 3 is 1.48 bits per heavy atom. The molecule has 20 heteroatoms. The van der Waals surface area contributed by atoms with Crippen LogP contribution in [-0.4, -0.2) is 58.8 Å². The molecule has 0 aliphatic carbocycles. The van der Waals surface area contributed by atoms with Crippen molar-refractivity contribution in [1.29, 1.82) is 0 Å². The van der Waals surface area contributed by atoms with Crippen molar-refractivity contribution < 1.29 is 72.7 Å². The minimum absolute atomic E-state index is 0.00942. The van der Waals surface area contributed by atoms with E-state index in [1.807, 2.05) is 91.9 Å².